The fourth-order valence-electron chi connectivity index (χ4n) is 3.21. The van der Waals surface area contributed by atoms with Crippen LogP contribution in [0.4, 0.5) is 27.6 Å². The summed E-state index contributed by atoms with van der Waals surface area (Å²) in [5.41, 5.74) is -1.23. The van der Waals surface area contributed by atoms with Gasteiger partial charge in [-0.15, -0.1) is 0 Å². The molecule has 2 aromatic rings. The number of likely N-dealkylation sites (tertiary alicyclic amines) is 1. The Kier molecular flexibility index (Phi) is 5.86. The SMILES string of the molecule is O=C(Nc1ccc(F)cc1F)[C@H]1CCCN(C(=O)c2cccc(C(F)(F)F)c2)C1. The van der Waals surface area contributed by atoms with Crippen molar-refractivity contribution in [3.05, 3.63) is 65.2 Å². The molecule has 154 valence electrons. The molecule has 0 saturated carbocycles. The average Bonchev–Trinajstić information content (AvgIpc) is 2.69. The molecule has 1 heterocycles. The number of anilines is 1. The number of amides is 2. The standard InChI is InChI=1S/C20H17F5N2O2/c21-15-6-7-17(16(22)10-15)26-18(28)13-4-2-8-27(11-13)19(29)12-3-1-5-14(9-12)20(23,24)25/h1,3,5-7,9-10,13H,2,4,8,11H2,(H,26,28)/t13-/m0/s1. The van der Waals surface area contributed by atoms with Crippen LogP contribution in [0.3, 0.4) is 0 Å². The summed E-state index contributed by atoms with van der Waals surface area (Å²) in [4.78, 5) is 26.4. The zero-order chi connectivity index (χ0) is 21.2. The highest BCUT2D eigenvalue weighted by Gasteiger charge is 2.33. The van der Waals surface area contributed by atoms with E-state index in [9.17, 15) is 31.5 Å². The Hall–Kier alpha value is -2.97. The molecule has 1 fully saturated rings. The molecule has 1 aliphatic heterocycles. The van der Waals surface area contributed by atoms with Gasteiger partial charge in [0.05, 0.1) is 17.2 Å². The lowest BCUT2D eigenvalue weighted by Crippen LogP contribution is -2.43. The predicted octanol–water partition coefficient (Wildman–Crippen LogP) is 4.47. The van der Waals surface area contributed by atoms with Crippen LogP contribution < -0.4 is 5.32 Å². The van der Waals surface area contributed by atoms with Crippen LogP contribution in [0.25, 0.3) is 0 Å². The fraction of sp³-hybridized carbons (Fsp3) is 0.300. The molecule has 1 saturated heterocycles. The Morgan fingerprint density at radius 1 is 1.07 bits per heavy atom. The number of piperidine rings is 1. The summed E-state index contributed by atoms with van der Waals surface area (Å²) in [5.74, 6) is -3.52. The minimum absolute atomic E-state index is 0.0102. The number of halogens is 5. The number of nitrogens with zero attached hydrogens (tertiary/aromatic N) is 1. The van der Waals surface area contributed by atoms with Gasteiger partial charge >= 0.3 is 6.18 Å². The Bertz CT molecular complexity index is 929. The summed E-state index contributed by atoms with van der Waals surface area (Å²) in [6.07, 6.45) is -3.67. The Morgan fingerprint density at radius 3 is 2.52 bits per heavy atom. The first-order chi connectivity index (χ1) is 13.6. The van der Waals surface area contributed by atoms with Crippen LogP contribution >= 0.6 is 0 Å². The highest BCUT2D eigenvalue weighted by atomic mass is 19.4. The van der Waals surface area contributed by atoms with Crippen LogP contribution in [0.5, 0.6) is 0 Å². The summed E-state index contributed by atoms with van der Waals surface area (Å²) in [6, 6.07) is 6.83. The van der Waals surface area contributed by atoms with Gasteiger partial charge in [0, 0.05) is 24.7 Å². The van der Waals surface area contributed by atoms with Crippen LogP contribution in [0.15, 0.2) is 42.5 Å². The van der Waals surface area contributed by atoms with Gasteiger partial charge in [0.1, 0.15) is 11.6 Å². The summed E-state index contributed by atoms with van der Waals surface area (Å²) in [5, 5.41) is 2.37. The van der Waals surface area contributed by atoms with Gasteiger partial charge in [-0.2, -0.15) is 13.2 Å². The number of carbonyl (C=O) groups excluding carboxylic acids is 2. The number of nitrogens with one attached hydrogen (secondary N) is 1. The number of hydrogen-bond donors (Lipinski definition) is 1. The zero-order valence-electron chi connectivity index (χ0n) is 15.1. The van der Waals surface area contributed by atoms with Gasteiger partial charge < -0.3 is 10.2 Å². The fourth-order valence-corrected chi connectivity index (χ4v) is 3.21. The Balaban J connectivity index is 1.70. The number of benzene rings is 2. The van der Waals surface area contributed by atoms with Crippen molar-refractivity contribution < 1.29 is 31.5 Å². The van der Waals surface area contributed by atoms with E-state index >= 15 is 0 Å². The average molecular weight is 412 g/mol. The maximum Gasteiger partial charge on any atom is 0.416 e. The van der Waals surface area contributed by atoms with Crippen molar-refractivity contribution in [2.75, 3.05) is 18.4 Å². The van der Waals surface area contributed by atoms with Crippen LogP contribution in [-0.4, -0.2) is 29.8 Å². The van der Waals surface area contributed by atoms with E-state index in [1.54, 1.807) is 0 Å². The first kappa shape index (κ1) is 20.8. The van der Waals surface area contributed by atoms with Gasteiger partial charge in [-0.1, -0.05) is 6.07 Å². The molecule has 1 atom stereocenters. The number of carbonyl (C=O) groups is 2. The van der Waals surface area contributed by atoms with Crippen molar-refractivity contribution in [2.24, 2.45) is 5.92 Å². The molecule has 9 heteroatoms. The van der Waals surface area contributed by atoms with E-state index in [1.165, 1.54) is 11.0 Å². The van der Waals surface area contributed by atoms with E-state index in [4.69, 9.17) is 0 Å². The quantitative estimate of drug-likeness (QED) is 0.756. The zero-order valence-corrected chi connectivity index (χ0v) is 15.1. The second-order valence-corrected chi connectivity index (χ2v) is 6.78. The lowest BCUT2D eigenvalue weighted by Gasteiger charge is -2.32. The lowest BCUT2D eigenvalue weighted by molar-refractivity contribution is -0.137. The highest BCUT2D eigenvalue weighted by Crippen LogP contribution is 2.30. The molecule has 0 aromatic heterocycles. The summed E-state index contributed by atoms with van der Waals surface area (Å²) in [6.45, 7) is 0.285. The number of rotatable bonds is 3. The highest BCUT2D eigenvalue weighted by molar-refractivity contribution is 5.96. The Labute approximate surface area is 163 Å². The largest absolute Gasteiger partial charge is 0.416 e. The Morgan fingerprint density at radius 2 is 1.83 bits per heavy atom. The molecule has 4 nitrogen and oxygen atoms in total. The second-order valence-electron chi connectivity index (χ2n) is 6.78. The third kappa shape index (κ3) is 4.90. The smallest absolute Gasteiger partial charge is 0.338 e. The number of alkyl halides is 3. The normalized spacial score (nSPS) is 17.1. The van der Waals surface area contributed by atoms with Crippen molar-refractivity contribution in [3.8, 4) is 0 Å². The molecule has 1 aliphatic rings. The van der Waals surface area contributed by atoms with Crippen molar-refractivity contribution >= 4 is 17.5 Å². The molecule has 29 heavy (non-hydrogen) atoms. The van der Waals surface area contributed by atoms with Crippen molar-refractivity contribution in [3.63, 3.8) is 0 Å². The minimum atomic E-state index is -4.57. The first-order valence-corrected chi connectivity index (χ1v) is 8.87. The van der Waals surface area contributed by atoms with Crippen LogP contribution in [0.2, 0.25) is 0 Å². The van der Waals surface area contributed by atoms with Crippen LogP contribution in [-0.2, 0) is 11.0 Å². The molecule has 0 bridgehead atoms. The van der Waals surface area contributed by atoms with Gasteiger partial charge in [-0.25, -0.2) is 8.78 Å². The summed E-state index contributed by atoms with van der Waals surface area (Å²) in [7, 11) is 0. The van der Waals surface area contributed by atoms with Crippen LogP contribution in [0, 0.1) is 17.6 Å². The van der Waals surface area contributed by atoms with Crippen molar-refractivity contribution in [1.29, 1.82) is 0 Å². The maximum atomic E-state index is 13.7. The maximum absolute atomic E-state index is 13.7. The van der Waals surface area contributed by atoms with E-state index in [0.717, 1.165) is 30.3 Å². The third-order valence-corrected chi connectivity index (χ3v) is 4.71. The predicted molar refractivity (Wildman–Crippen MR) is 95.1 cm³/mol. The van der Waals surface area contributed by atoms with Crippen molar-refractivity contribution in [2.45, 2.75) is 19.0 Å². The second kappa shape index (κ2) is 8.18. The van der Waals surface area contributed by atoms with Gasteiger partial charge in [0.2, 0.25) is 5.91 Å². The van der Waals surface area contributed by atoms with Gasteiger partial charge in [0.25, 0.3) is 5.91 Å². The molecule has 1 N–H and O–H groups in total. The van der Waals surface area contributed by atoms with E-state index < -0.39 is 41.1 Å². The summed E-state index contributed by atoms with van der Waals surface area (Å²) >= 11 is 0. The lowest BCUT2D eigenvalue weighted by atomic mass is 9.96. The molecular weight excluding hydrogens is 395 g/mol. The van der Waals surface area contributed by atoms with Crippen LogP contribution in [0.1, 0.15) is 28.8 Å². The topological polar surface area (TPSA) is 49.4 Å². The first-order valence-electron chi connectivity index (χ1n) is 8.87. The van der Waals surface area contributed by atoms with Crippen molar-refractivity contribution in [1.82, 2.24) is 4.90 Å². The van der Waals surface area contributed by atoms with E-state index in [-0.39, 0.29) is 17.8 Å². The molecule has 0 aliphatic carbocycles. The third-order valence-electron chi connectivity index (χ3n) is 4.71. The minimum Gasteiger partial charge on any atom is -0.338 e. The summed E-state index contributed by atoms with van der Waals surface area (Å²) < 4.78 is 65.3. The van der Waals surface area contributed by atoms with Gasteiger partial charge in [-0.3, -0.25) is 9.59 Å². The van der Waals surface area contributed by atoms with E-state index in [1.807, 2.05) is 0 Å². The van der Waals surface area contributed by atoms with Gasteiger partial charge in [-0.05, 0) is 43.2 Å². The van der Waals surface area contributed by atoms with E-state index in [0.29, 0.717) is 25.5 Å². The molecule has 2 aromatic carbocycles. The molecule has 3 rings (SSSR count). The molecule has 0 radical (unpaired) electrons. The van der Waals surface area contributed by atoms with Gasteiger partial charge in [0.15, 0.2) is 0 Å². The molecular formula is C20H17F5N2O2. The monoisotopic (exact) mass is 412 g/mol. The molecule has 0 spiro atoms. The number of hydrogen-bond acceptors (Lipinski definition) is 2. The molecule has 2 amide bonds. The molecule has 0 unspecified atom stereocenters. The van der Waals surface area contributed by atoms with E-state index in [2.05, 4.69) is 5.32 Å².